The molecule has 100 valence electrons. The van der Waals surface area contributed by atoms with Gasteiger partial charge in [0.05, 0.1) is 30.0 Å². The standard InChI is InChI=1S/C11H11BrF3NO2/c1-2-18-9(17)4-6-3-7(11(14)15)10(13)8(5-12)16-6/h3,11H,2,4-5H2,1H3. The summed E-state index contributed by atoms with van der Waals surface area (Å²) < 4.78 is 43.4. The maximum absolute atomic E-state index is 13.5. The van der Waals surface area contributed by atoms with Crippen molar-refractivity contribution in [2.75, 3.05) is 6.61 Å². The minimum Gasteiger partial charge on any atom is -0.466 e. The first-order valence-electron chi connectivity index (χ1n) is 5.17. The van der Waals surface area contributed by atoms with Crippen LogP contribution in [-0.2, 0) is 21.3 Å². The Balaban J connectivity index is 3.06. The predicted octanol–water partition coefficient (Wildman–Crippen LogP) is 3.16. The Bertz CT molecular complexity index is 441. The lowest BCUT2D eigenvalue weighted by molar-refractivity contribution is -0.142. The van der Waals surface area contributed by atoms with Gasteiger partial charge in [-0.2, -0.15) is 0 Å². The van der Waals surface area contributed by atoms with Crippen molar-refractivity contribution in [1.29, 1.82) is 0 Å². The zero-order valence-electron chi connectivity index (χ0n) is 9.55. The molecule has 0 bridgehead atoms. The molecular weight excluding hydrogens is 315 g/mol. The highest BCUT2D eigenvalue weighted by atomic mass is 79.9. The van der Waals surface area contributed by atoms with Crippen molar-refractivity contribution in [2.24, 2.45) is 0 Å². The summed E-state index contributed by atoms with van der Waals surface area (Å²) in [6.07, 6.45) is -3.21. The first-order valence-corrected chi connectivity index (χ1v) is 6.29. The van der Waals surface area contributed by atoms with Gasteiger partial charge in [-0.05, 0) is 13.0 Å². The molecule has 0 aliphatic heterocycles. The van der Waals surface area contributed by atoms with Crippen molar-refractivity contribution in [3.05, 3.63) is 28.8 Å². The van der Waals surface area contributed by atoms with Crippen LogP contribution in [0.5, 0.6) is 0 Å². The number of aromatic nitrogens is 1. The molecule has 1 rings (SSSR count). The number of rotatable bonds is 5. The maximum atomic E-state index is 13.5. The van der Waals surface area contributed by atoms with Crippen molar-refractivity contribution in [3.8, 4) is 0 Å². The second-order valence-corrected chi connectivity index (χ2v) is 3.94. The molecule has 1 heterocycles. The third kappa shape index (κ3) is 3.69. The number of alkyl halides is 3. The molecular formula is C11H11BrF3NO2. The fourth-order valence-electron chi connectivity index (χ4n) is 1.36. The first kappa shape index (κ1) is 14.9. The van der Waals surface area contributed by atoms with Gasteiger partial charge in [0.1, 0.15) is 0 Å². The third-order valence-corrected chi connectivity index (χ3v) is 2.63. The molecule has 0 unspecified atom stereocenters. The molecule has 0 spiro atoms. The molecule has 0 radical (unpaired) electrons. The summed E-state index contributed by atoms with van der Waals surface area (Å²) in [6.45, 7) is 1.82. The normalized spacial score (nSPS) is 10.8. The molecule has 0 fully saturated rings. The summed E-state index contributed by atoms with van der Waals surface area (Å²) in [5, 5.41) is -0.00474. The van der Waals surface area contributed by atoms with E-state index in [-0.39, 0.29) is 29.7 Å². The lowest BCUT2D eigenvalue weighted by Gasteiger charge is -2.09. The van der Waals surface area contributed by atoms with Gasteiger partial charge in [-0.1, -0.05) is 15.9 Å². The highest BCUT2D eigenvalue weighted by molar-refractivity contribution is 9.08. The summed E-state index contributed by atoms with van der Waals surface area (Å²) in [6, 6.07) is 0.892. The van der Waals surface area contributed by atoms with Crippen LogP contribution in [-0.4, -0.2) is 17.6 Å². The molecule has 0 atom stereocenters. The van der Waals surface area contributed by atoms with Gasteiger partial charge < -0.3 is 4.74 Å². The summed E-state index contributed by atoms with van der Waals surface area (Å²) in [4.78, 5) is 15.0. The Labute approximate surface area is 110 Å². The van der Waals surface area contributed by atoms with Crippen LogP contribution < -0.4 is 0 Å². The van der Waals surface area contributed by atoms with Gasteiger partial charge in [-0.3, -0.25) is 9.78 Å². The Morgan fingerprint density at radius 1 is 1.56 bits per heavy atom. The van der Waals surface area contributed by atoms with Gasteiger partial charge >= 0.3 is 5.97 Å². The summed E-state index contributed by atoms with van der Waals surface area (Å²) in [5.74, 6) is -1.63. The highest BCUT2D eigenvalue weighted by Gasteiger charge is 2.20. The van der Waals surface area contributed by atoms with E-state index < -0.39 is 23.8 Å². The van der Waals surface area contributed by atoms with Gasteiger partial charge in [-0.25, -0.2) is 13.2 Å². The molecule has 0 aliphatic carbocycles. The summed E-state index contributed by atoms with van der Waals surface area (Å²) in [5.41, 5.74) is -0.828. The number of carbonyl (C=O) groups excluding carboxylic acids is 1. The Kier molecular flexibility index (Phi) is 5.58. The van der Waals surface area contributed by atoms with Gasteiger partial charge in [0.2, 0.25) is 0 Å². The molecule has 3 nitrogen and oxygen atoms in total. The molecule has 0 N–H and O–H groups in total. The number of pyridine rings is 1. The average molecular weight is 326 g/mol. The lowest BCUT2D eigenvalue weighted by Crippen LogP contribution is -2.11. The minimum absolute atomic E-state index is 0.00474. The molecule has 1 aromatic heterocycles. The third-order valence-electron chi connectivity index (χ3n) is 2.10. The van der Waals surface area contributed by atoms with E-state index in [0.717, 1.165) is 6.07 Å². The fourth-order valence-corrected chi connectivity index (χ4v) is 1.73. The van der Waals surface area contributed by atoms with E-state index in [1.54, 1.807) is 6.92 Å². The van der Waals surface area contributed by atoms with E-state index in [1.807, 2.05) is 0 Å². The Morgan fingerprint density at radius 3 is 2.72 bits per heavy atom. The average Bonchev–Trinajstić information content (AvgIpc) is 2.31. The number of esters is 1. The van der Waals surface area contributed by atoms with E-state index in [2.05, 4.69) is 25.7 Å². The maximum Gasteiger partial charge on any atom is 0.311 e. The van der Waals surface area contributed by atoms with Crippen LogP contribution in [0, 0.1) is 5.82 Å². The zero-order valence-corrected chi connectivity index (χ0v) is 11.1. The summed E-state index contributed by atoms with van der Waals surface area (Å²) in [7, 11) is 0. The van der Waals surface area contributed by atoms with Crippen LogP contribution in [0.15, 0.2) is 6.07 Å². The van der Waals surface area contributed by atoms with E-state index >= 15 is 0 Å². The van der Waals surface area contributed by atoms with Crippen molar-refractivity contribution in [1.82, 2.24) is 4.98 Å². The van der Waals surface area contributed by atoms with Gasteiger partial charge in [0.15, 0.2) is 5.82 Å². The Morgan fingerprint density at radius 2 is 2.22 bits per heavy atom. The highest BCUT2D eigenvalue weighted by Crippen LogP contribution is 2.25. The smallest absolute Gasteiger partial charge is 0.311 e. The molecule has 7 heteroatoms. The number of hydrogen-bond acceptors (Lipinski definition) is 3. The van der Waals surface area contributed by atoms with Crippen molar-refractivity contribution in [2.45, 2.75) is 25.1 Å². The topological polar surface area (TPSA) is 39.2 Å². The first-order chi connectivity index (χ1) is 8.49. The van der Waals surface area contributed by atoms with E-state index in [9.17, 15) is 18.0 Å². The van der Waals surface area contributed by atoms with E-state index in [1.165, 1.54) is 0 Å². The number of carbonyl (C=O) groups is 1. The van der Waals surface area contributed by atoms with E-state index in [4.69, 9.17) is 0 Å². The molecule has 0 amide bonds. The van der Waals surface area contributed by atoms with Crippen LogP contribution in [0.2, 0.25) is 0 Å². The zero-order chi connectivity index (χ0) is 13.7. The monoisotopic (exact) mass is 325 g/mol. The van der Waals surface area contributed by atoms with Crippen molar-refractivity contribution < 1.29 is 22.7 Å². The SMILES string of the molecule is CCOC(=O)Cc1cc(C(F)F)c(F)c(CBr)n1. The predicted molar refractivity (Wildman–Crippen MR) is 62.1 cm³/mol. The van der Waals surface area contributed by atoms with Crippen LogP contribution in [0.25, 0.3) is 0 Å². The second kappa shape index (κ2) is 6.72. The largest absolute Gasteiger partial charge is 0.466 e. The fraction of sp³-hybridized carbons (Fsp3) is 0.455. The van der Waals surface area contributed by atoms with Crippen LogP contribution in [0.1, 0.15) is 30.3 Å². The van der Waals surface area contributed by atoms with Gasteiger partial charge in [0.25, 0.3) is 6.43 Å². The lowest BCUT2D eigenvalue weighted by atomic mass is 10.1. The molecule has 0 saturated carbocycles. The van der Waals surface area contributed by atoms with Crippen LogP contribution in [0.4, 0.5) is 13.2 Å². The van der Waals surface area contributed by atoms with Gasteiger partial charge in [0, 0.05) is 5.33 Å². The summed E-state index contributed by atoms with van der Waals surface area (Å²) >= 11 is 2.96. The quantitative estimate of drug-likeness (QED) is 0.616. The van der Waals surface area contributed by atoms with Crippen LogP contribution in [0.3, 0.4) is 0 Å². The van der Waals surface area contributed by atoms with Crippen molar-refractivity contribution in [3.63, 3.8) is 0 Å². The molecule has 18 heavy (non-hydrogen) atoms. The number of ether oxygens (including phenoxy) is 1. The molecule has 1 aromatic rings. The Hall–Kier alpha value is -1.11. The molecule has 0 saturated heterocycles. The number of nitrogens with zero attached hydrogens (tertiary/aromatic N) is 1. The van der Waals surface area contributed by atoms with Crippen molar-refractivity contribution >= 4 is 21.9 Å². The number of halogens is 4. The minimum atomic E-state index is -2.95. The van der Waals surface area contributed by atoms with Crippen LogP contribution >= 0.6 is 15.9 Å². The van der Waals surface area contributed by atoms with Gasteiger partial charge in [-0.15, -0.1) is 0 Å². The van der Waals surface area contributed by atoms with E-state index in [0.29, 0.717) is 0 Å². The second-order valence-electron chi connectivity index (χ2n) is 3.38. The molecule has 0 aromatic carbocycles. The molecule has 0 aliphatic rings. The number of hydrogen-bond donors (Lipinski definition) is 0.